The van der Waals surface area contributed by atoms with Gasteiger partial charge in [-0.25, -0.2) is 0 Å². The average Bonchev–Trinajstić information content (AvgIpc) is 2.05. The third-order valence-electron chi connectivity index (χ3n) is 2.14. The van der Waals surface area contributed by atoms with E-state index in [1.807, 2.05) is 6.08 Å². The molecule has 1 rings (SSSR count). The second kappa shape index (κ2) is 3.90. The molecule has 1 atom stereocenters. The van der Waals surface area contributed by atoms with Gasteiger partial charge >= 0.3 is 0 Å². The molecule has 0 spiro atoms. The second-order valence-corrected chi connectivity index (χ2v) is 3.62. The van der Waals surface area contributed by atoms with Gasteiger partial charge in [-0.3, -0.25) is 0 Å². The molecule has 0 bridgehead atoms. The molecule has 0 saturated carbocycles. The van der Waals surface area contributed by atoms with Gasteiger partial charge in [0.05, 0.1) is 6.10 Å². The van der Waals surface area contributed by atoms with Gasteiger partial charge in [-0.05, 0) is 33.1 Å². The first kappa shape index (κ1) is 9.53. The van der Waals surface area contributed by atoms with Gasteiger partial charge in [0.2, 0.25) is 0 Å². The highest BCUT2D eigenvalue weighted by atomic mass is 16.5. The van der Waals surface area contributed by atoms with Gasteiger partial charge in [0.1, 0.15) is 5.60 Å². The van der Waals surface area contributed by atoms with Gasteiger partial charge in [0.15, 0.2) is 0 Å². The van der Waals surface area contributed by atoms with E-state index in [1.165, 1.54) is 12.8 Å². The zero-order valence-electron chi connectivity index (χ0n) is 8.05. The molecule has 0 aromatic carbocycles. The number of hydrogen-bond donors (Lipinski definition) is 0. The summed E-state index contributed by atoms with van der Waals surface area (Å²) in [5.74, 6) is 0. The fourth-order valence-corrected chi connectivity index (χ4v) is 1.62. The largest absolute Gasteiger partial charge is 0.364 e. The van der Waals surface area contributed by atoms with Crippen molar-refractivity contribution in [3.05, 3.63) is 24.8 Å². The van der Waals surface area contributed by atoms with Crippen molar-refractivity contribution >= 4 is 0 Å². The number of ether oxygens (including phenoxy) is 1. The first-order chi connectivity index (χ1) is 5.68. The van der Waals surface area contributed by atoms with Crippen LogP contribution >= 0.6 is 0 Å². The van der Waals surface area contributed by atoms with Crippen LogP contribution in [0.1, 0.15) is 33.1 Å². The molecule has 0 radical (unpaired) electrons. The molecule has 12 heavy (non-hydrogen) atoms. The quantitative estimate of drug-likeness (QED) is 0.585. The predicted molar refractivity (Wildman–Crippen MR) is 52.1 cm³/mol. The zero-order valence-corrected chi connectivity index (χ0v) is 8.05. The lowest BCUT2D eigenvalue weighted by molar-refractivity contribution is -0.0237. The van der Waals surface area contributed by atoms with Crippen molar-refractivity contribution < 1.29 is 4.74 Å². The normalized spacial score (nSPS) is 29.2. The predicted octanol–water partition coefficient (Wildman–Crippen LogP) is 3.08. The van der Waals surface area contributed by atoms with E-state index in [2.05, 4.69) is 32.6 Å². The van der Waals surface area contributed by atoms with E-state index >= 15 is 0 Å². The zero-order chi connectivity index (χ0) is 9.03. The highest BCUT2D eigenvalue weighted by Crippen LogP contribution is 2.28. The number of rotatable bonds is 3. The van der Waals surface area contributed by atoms with Crippen molar-refractivity contribution in [2.75, 3.05) is 0 Å². The van der Waals surface area contributed by atoms with Gasteiger partial charge in [-0.1, -0.05) is 24.8 Å². The average molecular weight is 166 g/mol. The van der Waals surface area contributed by atoms with Crippen molar-refractivity contribution in [2.45, 2.75) is 44.8 Å². The maximum Gasteiger partial charge on any atom is 0.104 e. The molecular formula is C11H18O. The van der Waals surface area contributed by atoms with Gasteiger partial charge in [-0.15, -0.1) is 0 Å². The summed E-state index contributed by atoms with van der Waals surface area (Å²) in [4.78, 5) is 0. The summed E-state index contributed by atoms with van der Waals surface area (Å²) in [6.45, 7) is 7.96. The molecule has 0 aromatic rings. The van der Waals surface area contributed by atoms with E-state index in [1.54, 1.807) is 0 Å². The highest BCUT2D eigenvalue weighted by Gasteiger charge is 2.26. The van der Waals surface area contributed by atoms with E-state index in [4.69, 9.17) is 4.74 Å². The van der Waals surface area contributed by atoms with Crippen LogP contribution in [-0.2, 0) is 4.74 Å². The van der Waals surface area contributed by atoms with E-state index in [9.17, 15) is 0 Å². The van der Waals surface area contributed by atoms with Crippen LogP contribution in [0.2, 0.25) is 0 Å². The van der Waals surface area contributed by atoms with E-state index in [0.29, 0.717) is 0 Å². The molecule has 0 aliphatic heterocycles. The van der Waals surface area contributed by atoms with Crippen molar-refractivity contribution in [3.8, 4) is 0 Å². The van der Waals surface area contributed by atoms with Crippen LogP contribution < -0.4 is 0 Å². The Balaban J connectivity index is 2.67. The van der Waals surface area contributed by atoms with Gasteiger partial charge in [0.25, 0.3) is 0 Å². The molecular weight excluding hydrogens is 148 g/mol. The molecule has 0 aromatic heterocycles. The number of allylic oxidation sites excluding steroid dienone is 1. The smallest absolute Gasteiger partial charge is 0.104 e. The SMILES string of the molecule is C=CC1(OC(C)C)C=CCCC1. The molecule has 1 unspecified atom stereocenters. The van der Waals surface area contributed by atoms with Gasteiger partial charge < -0.3 is 4.74 Å². The fourth-order valence-electron chi connectivity index (χ4n) is 1.62. The minimum atomic E-state index is -0.174. The van der Waals surface area contributed by atoms with Crippen molar-refractivity contribution in [2.24, 2.45) is 0 Å². The molecule has 0 saturated heterocycles. The standard InChI is InChI=1S/C11H18O/c1-4-11(12-10(2)3)8-6-5-7-9-11/h4,6,8,10H,1,5,7,9H2,2-3H3. The molecule has 68 valence electrons. The van der Waals surface area contributed by atoms with Crippen LogP contribution in [0.25, 0.3) is 0 Å². The van der Waals surface area contributed by atoms with E-state index in [0.717, 1.165) is 6.42 Å². The molecule has 1 heteroatoms. The lowest BCUT2D eigenvalue weighted by Gasteiger charge is -2.32. The first-order valence-electron chi connectivity index (χ1n) is 4.68. The highest BCUT2D eigenvalue weighted by molar-refractivity contribution is 5.15. The maximum absolute atomic E-state index is 5.82. The summed E-state index contributed by atoms with van der Waals surface area (Å²) in [6, 6.07) is 0. The number of hydrogen-bond acceptors (Lipinski definition) is 1. The van der Waals surface area contributed by atoms with Gasteiger partial charge in [0, 0.05) is 0 Å². The van der Waals surface area contributed by atoms with Crippen molar-refractivity contribution in [1.82, 2.24) is 0 Å². The second-order valence-electron chi connectivity index (χ2n) is 3.62. The van der Waals surface area contributed by atoms with E-state index in [-0.39, 0.29) is 11.7 Å². The molecule has 0 amide bonds. The summed E-state index contributed by atoms with van der Waals surface area (Å²) in [5, 5.41) is 0. The third kappa shape index (κ3) is 2.21. The Kier molecular flexibility index (Phi) is 3.10. The summed E-state index contributed by atoms with van der Waals surface area (Å²) in [7, 11) is 0. The van der Waals surface area contributed by atoms with Crippen LogP contribution in [0.4, 0.5) is 0 Å². The molecule has 1 aliphatic rings. The Morgan fingerprint density at radius 1 is 1.58 bits per heavy atom. The Bertz CT molecular complexity index is 181. The lowest BCUT2D eigenvalue weighted by atomic mass is 9.91. The summed E-state index contributed by atoms with van der Waals surface area (Å²) in [5.41, 5.74) is -0.174. The molecule has 0 heterocycles. The first-order valence-corrected chi connectivity index (χ1v) is 4.68. The fraction of sp³-hybridized carbons (Fsp3) is 0.636. The van der Waals surface area contributed by atoms with Crippen molar-refractivity contribution in [3.63, 3.8) is 0 Å². The van der Waals surface area contributed by atoms with E-state index < -0.39 is 0 Å². The third-order valence-corrected chi connectivity index (χ3v) is 2.14. The Hall–Kier alpha value is -0.560. The Morgan fingerprint density at radius 3 is 2.75 bits per heavy atom. The van der Waals surface area contributed by atoms with Gasteiger partial charge in [-0.2, -0.15) is 0 Å². The van der Waals surface area contributed by atoms with Crippen LogP contribution in [0.3, 0.4) is 0 Å². The Labute approximate surface area is 75.1 Å². The topological polar surface area (TPSA) is 9.23 Å². The molecule has 0 fully saturated rings. The van der Waals surface area contributed by atoms with Crippen LogP contribution in [0.15, 0.2) is 24.8 Å². The molecule has 1 aliphatic carbocycles. The Morgan fingerprint density at radius 2 is 2.33 bits per heavy atom. The van der Waals surface area contributed by atoms with Crippen LogP contribution in [-0.4, -0.2) is 11.7 Å². The van der Waals surface area contributed by atoms with Crippen LogP contribution in [0, 0.1) is 0 Å². The lowest BCUT2D eigenvalue weighted by Crippen LogP contribution is -2.32. The summed E-state index contributed by atoms with van der Waals surface area (Å²) < 4.78 is 5.82. The molecule has 0 N–H and O–H groups in total. The summed E-state index contributed by atoms with van der Waals surface area (Å²) in [6.07, 6.45) is 9.97. The minimum absolute atomic E-state index is 0.174. The molecule has 1 nitrogen and oxygen atoms in total. The summed E-state index contributed by atoms with van der Waals surface area (Å²) >= 11 is 0. The van der Waals surface area contributed by atoms with Crippen LogP contribution in [0.5, 0.6) is 0 Å². The minimum Gasteiger partial charge on any atom is -0.364 e. The monoisotopic (exact) mass is 166 g/mol. The maximum atomic E-state index is 5.82. The van der Waals surface area contributed by atoms with Crippen molar-refractivity contribution in [1.29, 1.82) is 0 Å².